The molecule has 0 atom stereocenters. The van der Waals surface area contributed by atoms with Crippen molar-refractivity contribution in [3.8, 4) is 11.8 Å². The molecule has 0 saturated heterocycles. The number of likely N-dealkylation sites (N-methyl/N-ethyl adjacent to an activating group) is 1. The van der Waals surface area contributed by atoms with Crippen LogP contribution in [0.15, 0.2) is 48.5 Å². The molecule has 0 spiro atoms. The SMILES string of the molecule is COc1cccc(C(=O)CN(C)c2ccccc2C#N)c1. The van der Waals surface area contributed by atoms with Gasteiger partial charge in [0.1, 0.15) is 11.8 Å². The smallest absolute Gasteiger partial charge is 0.182 e. The number of methoxy groups -OCH3 is 1. The van der Waals surface area contributed by atoms with Crippen LogP contribution < -0.4 is 9.64 Å². The molecule has 2 aromatic rings. The Kier molecular flexibility index (Phi) is 4.57. The van der Waals surface area contributed by atoms with Gasteiger partial charge in [0.25, 0.3) is 0 Å². The maximum atomic E-state index is 12.3. The minimum Gasteiger partial charge on any atom is -0.497 e. The zero-order valence-electron chi connectivity index (χ0n) is 12.0. The average Bonchev–Trinajstić information content (AvgIpc) is 2.54. The van der Waals surface area contributed by atoms with E-state index in [9.17, 15) is 4.79 Å². The number of benzene rings is 2. The van der Waals surface area contributed by atoms with Crippen molar-refractivity contribution < 1.29 is 9.53 Å². The van der Waals surface area contributed by atoms with Crippen LogP contribution in [0.3, 0.4) is 0 Å². The number of nitrogens with zero attached hydrogens (tertiary/aromatic N) is 2. The van der Waals surface area contributed by atoms with Gasteiger partial charge in [0, 0.05) is 12.6 Å². The van der Waals surface area contributed by atoms with Crippen molar-refractivity contribution in [2.24, 2.45) is 0 Å². The van der Waals surface area contributed by atoms with Gasteiger partial charge in [-0.05, 0) is 24.3 Å². The molecular weight excluding hydrogens is 264 g/mol. The molecule has 0 bridgehead atoms. The van der Waals surface area contributed by atoms with Gasteiger partial charge in [-0.3, -0.25) is 4.79 Å². The number of anilines is 1. The Bertz CT molecular complexity index is 689. The number of Topliss-reactive ketones (excluding diaryl/α,β-unsaturated/α-hetero) is 1. The first-order valence-electron chi connectivity index (χ1n) is 6.53. The van der Waals surface area contributed by atoms with Crippen LogP contribution in [0.1, 0.15) is 15.9 Å². The number of hydrogen-bond acceptors (Lipinski definition) is 4. The fraction of sp³-hybridized carbons (Fsp3) is 0.176. The van der Waals surface area contributed by atoms with Crippen LogP contribution in [0.4, 0.5) is 5.69 Å². The molecule has 2 aromatic carbocycles. The molecule has 0 aliphatic rings. The molecule has 0 fully saturated rings. The highest BCUT2D eigenvalue weighted by Gasteiger charge is 2.13. The largest absolute Gasteiger partial charge is 0.497 e. The highest BCUT2D eigenvalue weighted by molar-refractivity contribution is 5.99. The quantitative estimate of drug-likeness (QED) is 0.790. The van der Waals surface area contributed by atoms with Crippen LogP contribution in [0, 0.1) is 11.3 Å². The third kappa shape index (κ3) is 3.40. The van der Waals surface area contributed by atoms with E-state index in [1.165, 1.54) is 0 Å². The Morgan fingerprint density at radius 2 is 2.00 bits per heavy atom. The van der Waals surface area contributed by atoms with Crippen LogP contribution >= 0.6 is 0 Å². The fourth-order valence-corrected chi connectivity index (χ4v) is 2.09. The topological polar surface area (TPSA) is 53.3 Å². The molecule has 106 valence electrons. The standard InChI is InChI=1S/C17H16N2O2/c1-19(16-9-4-3-6-14(16)11-18)12-17(20)13-7-5-8-15(10-13)21-2/h3-10H,12H2,1-2H3. The highest BCUT2D eigenvalue weighted by Crippen LogP contribution is 2.19. The minimum absolute atomic E-state index is 0.0239. The maximum absolute atomic E-state index is 12.3. The molecule has 0 aromatic heterocycles. The summed E-state index contributed by atoms with van der Waals surface area (Å²) in [5, 5.41) is 9.11. The number of carbonyl (C=O) groups is 1. The molecule has 0 N–H and O–H groups in total. The van der Waals surface area contributed by atoms with Gasteiger partial charge in [0.15, 0.2) is 5.78 Å². The first-order valence-corrected chi connectivity index (χ1v) is 6.53. The number of para-hydroxylation sites is 1. The maximum Gasteiger partial charge on any atom is 0.182 e. The molecule has 0 aliphatic carbocycles. The second-order valence-electron chi connectivity index (χ2n) is 4.64. The second-order valence-corrected chi connectivity index (χ2v) is 4.64. The van der Waals surface area contributed by atoms with Gasteiger partial charge >= 0.3 is 0 Å². The highest BCUT2D eigenvalue weighted by atomic mass is 16.5. The van der Waals surface area contributed by atoms with Crippen molar-refractivity contribution in [2.45, 2.75) is 0 Å². The van der Waals surface area contributed by atoms with Crippen LogP contribution in [0.5, 0.6) is 5.75 Å². The van der Waals surface area contributed by atoms with Crippen molar-refractivity contribution in [1.82, 2.24) is 0 Å². The zero-order chi connectivity index (χ0) is 15.2. The van der Waals surface area contributed by atoms with Crippen molar-refractivity contribution >= 4 is 11.5 Å². The summed E-state index contributed by atoms with van der Waals surface area (Å²) in [4.78, 5) is 14.1. The molecule has 21 heavy (non-hydrogen) atoms. The number of rotatable bonds is 5. The van der Waals surface area contributed by atoms with E-state index >= 15 is 0 Å². The summed E-state index contributed by atoms with van der Waals surface area (Å²) >= 11 is 0. The molecule has 4 nitrogen and oxygen atoms in total. The summed E-state index contributed by atoms with van der Waals surface area (Å²) in [7, 11) is 3.37. The molecular formula is C17H16N2O2. The summed E-state index contributed by atoms with van der Waals surface area (Å²) in [6.07, 6.45) is 0. The molecule has 0 unspecified atom stereocenters. The number of carbonyl (C=O) groups excluding carboxylic acids is 1. The molecule has 0 amide bonds. The van der Waals surface area contributed by atoms with Crippen LogP contribution in [0.2, 0.25) is 0 Å². The van der Waals surface area contributed by atoms with E-state index in [4.69, 9.17) is 10.00 Å². The Hall–Kier alpha value is -2.80. The third-order valence-electron chi connectivity index (χ3n) is 3.21. The summed E-state index contributed by atoms with van der Waals surface area (Å²) in [6.45, 7) is 0.200. The van der Waals surface area contributed by atoms with Gasteiger partial charge in [0.05, 0.1) is 24.9 Å². The second kappa shape index (κ2) is 6.58. The third-order valence-corrected chi connectivity index (χ3v) is 3.21. The van der Waals surface area contributed by atoms with Gasteiger partial charge in [-0.15, -0.1) is 0 Å². The van der Waals surface area contributed by atoms with Gasteiger partial charge in [-0.1, -0.05) is 24.3 Å². The summed E-state index contributed by atoms with van der Waals surface area (Å²) in [5.41, 5.74) is 1.89. The van der Waals surface area contributed by atoms with Crippen molar-refractivity contribution in [3.05, 3.63) is 59.7 Å². The number of ether oxygens (including phenoxy) is 1. The van der Waals surface area contributed by atoms with Crippen molar-refractivity contribution in [2.75, 3.05) is 25.6 Å². The summed E-state index contributed by atoms with van der Waals surface area (Å²) < 4.78 is 5.12. The lowest BCUT2D eigenvalue weighted by atomic mass is 10.1. The molecule has 4 heteroatoms. The Labute approximate surface area is 124 Å². The molecule has 0 aliphatic heterocycles. The molecule has 0 radical (unpaired) electrons. The first kappa shape index (κ1) is 14.6. The monoisotopic (exact) mass is 280 g/mol. The van der Waals surface area contributed by atoms with E-state index < -0.39 is 0 Å². The lowest BCUT2D eigenvalue weighted by Crippen LogP contribution is -2.26. The molecule has 0 heterocycles. The lowest BCUT2D eigenvalue weighted by Gasteiger charge is -2.19. The number of hydrogen-bond donors (Lipinski definition) is 0. The average molecular weight is 280 g/mol. The van der Waals surface area contributed by atoms with Crippen LogP contribution in [0.25, 0.3) is 0 Å². The van der Waals surface area contributed by atoms with E-state index in [2.05, 4.69) is 6.07 Å². The van der Waals surface area contributed by atoms with Gasteiger partial charge in [-0.25, -0.2) is 0 Å². The van der Waals surface area contributed by atoms with E-state index in [1.54, 1.807) is 55.5 Å². The zero-order valence-corrected chi connectivity index (χ0v) is 12.0. The lowest BCUT2D eigenvalue weighted by molar-refractivity contribution is 0.1000. The predicted octanol–water partition coefficient (Wildman–Crippen LogP) is 2.89. The van der Waals surface area contributed by atoms with Gasteiger partial charge in [-0.2, -0.15) is 5.26 Å². The number of nitriles is 1. The van der Waals surface area contributed by atoms with E-state index in [0.29, 0.717) is 16.9 Å². The molecule has 0 saturated carbocycles. The van der Waals surface area contributed by atoms with Crippen LogP contribution in [-0.4, -0.2) is 26.5 Å². The minimum atomic E-state index is -0.0239. The van der Waals surface area contributed by atoms with E-state index in [0.717, 1.165) is 5.69 Å². The van der Waals surface area contributed by atoms with Crippen molar-refractivity contribution in [1.29, 1.82) is 5.26 Å². The predicted molar refractivity (Wildman–Crippen MR) is 81.8 cm³/mol. The van der Waals surface area contributed by atoms with E-state index in [1.807, 2.05) is 12.1 Å². The van der Waals surface area contributed by atoms with Crippen LogP contribution in [-0.2, 0) is 0 Å². The Morgan fingerprint density at radius 3 is 2.71 bits per heavy atom. The molecule has 2 rings (SSSR count). The fourth-order valence-electron chi connectivity index (χ4n) is 2.09. The summed E-state index contributed by atoms with van der Waals surface area (Å²) in [5.74, 6) is 0.630. The Balaban J connectivity index is 2.17. The summed E-state index contributed by atoms with van der Waals surface area (Å²) in [6, 6.07) is 16.4. The Morgan fingerprint density at radius 1 is 1.24 bits per heavy atom. The number of ketones is 1. The van der Waals surface area contributed by atoms with Gasteiger partial charge in [0.2, 0.25) is 0 Å². The normalized spacial score (nSPS) is 9.76. The van der Waals surface area contributed by atoms with Crippen molar-refractivity contribution in [3.63, 3.8) is 0 Å². The van der Waals surface area contributed by atoms with E-state index in [-0.39, 0.29) is 12.3 Å². The first-order chi connectivity index (χ1) is 10.2. The van der Waals surface area contributed by atoms with Gasteiger partial charge < -0.3 is 9.64 Å².